The molecule has 1 saturated heterocycles. The highest BCUT2D eigenvalue weighted by Crippen LogP contribution is 2.23. The van der Waals surface area contributed by atoms with Crippen LogP contribution in [0.5, 0.6) is 0 Å². The number of ether oxygens (including phenoxy) is 2. The number of nitrogens with zero attached hydrogens (tertiary/aromatic N) is 2. The normalized spacial score (nSPS) is 19.1. The number of nitriles is 1. The third-order valence-electron chi connectivity index (χ3n) is 3.76. The molecular formula is C18H22N2O3. The first-order valence-electron chi connectivity index (χ1n) is 7.57. The molecule has 1 amide bonds. The Morgan fingerprint density at radius 2 is 2.30 bits per heavy atom. The van der Waals surface area contributed by atoms with Crippen LogP contribution in [0.25, 0.3) is 0 Å². The summed E-state index contributed by atoms with van der Waals surface area (Å²) in [4.78, 5) is 13.8. The number of carbonyl (C=O) groups excluding carboxylic acids is 1. The molecule has 1 fully saturated rings. The van der Waals surface area contributed by atoms with E-state index >= 15 is 0 Å². The van der Waals surface area contributed by atoms with E-state index < -0.39 is 5.79 Å². The van der Waals surface area contributed by atoms with Gasteiger partial charge in [-0.05, 0) is 44.0 Å². The minimum atomic E-state index is -0.613. The van der Waals surface area contributed by atoms with Crippen molar-refractivity contribution in [1.82, 2.24) is 4.90 Å². The Labute approximate surface area is 137 Å². The second-order valence-corrected chi connectivity index (χ2v) is 6.13. The van der Waals surface area contributed by atoms with Gasteiger partial charge in [0, 0.05) is 13.1 Å². The van der Waals surface area contributed by atoms with Crippen LogP contribution in [0, 0.1) is 18.3 Å². The maximum absolute atomic E-state index is 12.1. The summed E-state index contributed by atoms with van der Waals surface area (Å²) < 4.78 is 11.3. The van der Waals surface area contributed by atoms with E-state index in [2.05, 4.69) is 12.6 Å². The van der Waals surface area contributed by atoms with Gasteiger partial charge in [0.15, 0.2) is 5.79 Å². The van der Waals surface area contributed by atoms with Crippen molar-refractivity contribution in [3.63, 3.8) is 0 Å². The van der Waals surface area contributed by atoms with Gasteiger partial charge in [-0.1, -0.05) is 18.7 Å². The molecule has 122 valence electrons. The third-order valence-corrected chi connectivity index (χ3v) is 3.76. The number of rotatable bonds is 5. The van der Waals surface area contributed by atoms with Crippen LogP contribution in [0.2, 0.25) is 0 Å². The first-order chi connectivity index (χ1) is 10.8. The molecule has 0 bridgehead atoms. The molecule has 5 nitrogen and oxygen atoms in total. The Bertz CT molecular complexity index is 646. The van der Waals surface area contributed by atoms with Crippen LogP contribution >= 0.6 is 0 Å². The van der Waals surface area contributed by atoms with E-state index in [1.165, 1.54) is 6.08 Å². The summed E-state index contributed by atoms with van der Waals surface area (Å²) in [5.41, 5.74) is 2.51. The molecular weight excluding hydrogens is 292 g/mol. The van der Waals surface area contributed by atoms with E-state index in [0.29, 0.717) is 25.3 Å². The topological polar surface area (TPSA) is 62.6 Å². The Balaban J connectivity index is 2.10. The molecule has 1 aromatic carbocycles. The van der Waals surface area contributed by atoms with Crippen LogP contribution in [0.3, 0.4) is 0 Å². The van der Waals surface area contributed by atoms with Crippen LogP contribution < -0.4 is 0 Å². The van der Waals surface area contributed by atoms with Gasteiger partial charge in [0.1, 0.15) is 6.10 Å². The van der Waals surface area contributed by atoms with Crippen molar-refractivity contribution in [1.29, 1.82) is 5.26 Å². The Morgan fingerprint density at radius 1 is 1.57 bits per heavy atom. The van der Waals surface area contributed by atoms with Crippen molar-refractivity contribution in [2.24, 2.45) is 0 Å². The van der Waals surface area contributed by atoms with E-state index in [4.69, 9.17) is 14.7 Å². The SMILES string of the molecule is C=CC(=O)N(Cc1ccc(C#N)c(C)c1)C[C@H]1COC(C)(C)O1. The lowest BCUT2D eigenvalue weighted by Gasteiger charge is -2.25. The van der Waals surface area contributed by atoms with E-state index in [1.54, 1.807) is 11.0 Å². The lowest BCUT2D eigenvalue weighted by molar-refractivity contribution is -0.145. The number of benzene rings is 1. The maximum atomic E-state index is 12.1. The summed E-state index contributed by atoms with van der Waals surface area (Å²) in [5.74, 6) is -0.765. The van der Waals surface area contributed by atoms with Gasteiger partial charge in [-0.2, -0.15) is 5.26 Å². The van der Waals surface area contributed by atoms with Gasteiger partial charge in [-0.15, -0.1) is 0 Å². The fraction of sp³-hybridized carbons (Fsp3) is 0.444. The Hall–Kier alpha value is -2.16. The van der Waals surface area contributed by atoms with E-state index in [-0.39, 0.29) is 12.0 Å². The van der Waals surface area contributed by atoms with Crippen molar-refractivity contribution in [2.45, 2.75) is 39.2 Å². The van der Waals surface area contributed by atoms with Gasteiger partial charge >= 0.3 is 0 Å². The lowest BCUT2D eigenvalue weighted by Crippen LogP contribution is -2.37. The molecule has 0 aliphatic carbocycles. The summed E-state index contributed by atoms with van der Waals surface area (Å²) in [6, 6.07) is 7.72. The summed E-state index contributed by atoms with van der Waals surface area (Å²) in [6.45, 7) is 10.5. The van der Waals surface area contributed by atoms with Gasteiger partial charge in [0.05, 0.1) is 18.2 Å². The number of amides is 1. The molecule has 1 aliphatic heterocycles. The molecule has 0 unspecified atom stereocenters. The van der Waals surface area contributed by atoms with Crippen molar-refractivity contribution < 1.29 is 14.3 Å². The highest BCUT2D eigenvalue weighted by molar-refractivity contribution is 5.87. The third kappa shape index (κ3) is 4.41. The van der Waals surface area contributed by atoms with Crippen molar-refractivity contribution in [3.05, 3.63) is 47.5 Å². The first kappa shape index (κ1) is 17.2. The predicted molar refractivity (Wildman–Crippen MR) is 86.4 cm³/mol. The fourth-order valence-corrected chi connectivity index (χ4v) is 2.63. The van der Waals surface area contributed by atoms with Crippen LogP contribution in [-0.2, 0) is 20.8 Å². The second kappa shape index (κ2) is 6.95. The molecule has 2 rings (SSSR count). The molecule has 0 radical (unpaired) electrons. The van der Waals surface area contributed by atoms with Gasteiger partial charge in [-0.25, -0.2) is 0 Å². The van der Waals surface area contributed by atoms with Crippen LogP contribution in [-0.4, -0.2) is 35.8 Å². The largest absolute Gasteiger partial charge is 0.348 e. The van der Waals surface area contributed by atoms with E-state index in [1.807, 2.05) is 32.9 Å². The zero-order chi connectivity index (χ0) is 17.0. The summed E-state index contributed by atoms with van der Waals surface area (Å²) in [5, 5.41) is 9.00. The minimum Gasteiger partial charge on any atom is -0.348 e. The number of hydrogen-bond donors (Lipinski definition) is 0. The van der Waals surface area contributed by atoms with Gasteiger partial charge < -0.3 is 14.4 Å². The van der Waals surface area contributed by atoms with Crippen molar-refractivity contribution in [3.8, 4) is 6.07 Å². The van der Waals surface area contributed by atoms with Gasteiger partial charge in [0.25, 0.3) is 0 Å². The maximum Gasteiger partial charge on any atom is 0.246 e. The molecule has 5 heteroatoms. The molecule has 23 heavy (non-hydrogen) atoms. The summed E-state index contributed by atoms with van der Waals surface area (Å²) >= 11 is 0. The monoisotopic (exact) mass is 314 g/mol. The van der Waals surface area contributed by atoms with E-state index in [0.717, 1.165) is 11.1 Å². The average molecular weight is 314 g/mol. The number of carbonyl (C=O) groups is 1. The summed E-state index contributed by atoms with van der Waals surface area (Å²) in [6.07, 6.45) is 1.14. The highest BCUT2D eigenvalue weighted by Gasteiger charge is 2.34. The molecule has 0 spiro atoms. The lowest BCUT2D eigenvalue weighted by atomic mass is 10.1. The van der Waals surface area contributed by atoms with Crippen LogP contribution in [0.4, 0.5) is 0 Å². The quantitative estimate of drug-likeness (QED) is 0.784. The summed E-state index contributed by atoms with van der Waals surface area (Å²) in [7, 11) is 0. The van der Waals surface area contributed by atoms with Crippen molar-refractivity contribution >= 4 is 5.91 Å². The zero-order valence-electron chi connectivity index (χ0n) is 13.8. The average Bonchev–Trinajstić information content (AvgIpc) is 2.85. The van der Waals surface area contributed by atoms with Gasteiger partial charge in [-0.3, -0.25) is 4.79 Å². The Kier molecular flexibility index (Phi) is 5.19. The minimum absolute atomic E-state index is 0.152. The molecule has 1 atom stereocenters. The smallest absolute Gasteiger partial charge is 0.246 e. The molecule has 0 saturated carbocycles. The highest BCUT2D eigenvalue weighted by atomic mass is 16.7. The fourth-order valence-electron chi connectivity index (χ4n) is 2.63. The first-order valence-corrected chi connectivity index (χ1v) is 7.57. The number of aryl methyl sites for hydroxylation is 1. The molecule has 0 N–H and O–H groups in total. The van der Waals surface area contributed by atoms with E-state index in [9.17, 15) is 4.79 Å². The van der Waals surface area contributed by atoms with Gasteiger partial charge in [0.2, 0.25) is 5.91 Å². The molecule has 0 aromatic heterocycles. The standard InChI is InChI=1S/C18H22N2O3/c1-5-17(21)20(11-16-12-22-18(3,4)23-16)10-14-6-7-15(9-19)13(2)8-14/h5-8,16H,1,10-12H2,2-4H3/t16-/m0/s1. The Morgan fingerprint density at radius 3 is 2.83 bits per heavy atom. The van der Waals surface area contributed by atoms with Crippen LogP contribution in [0.1, 0.15) is 30.5 Å². The number of hydrogen-bond acceptors (Lipinski definition) is 4. The predicted octanol–water partition coefficient (Wildman–Crippen LogP) is 2.53. The molecule has 1 heterocycles. The molecule has 1 aromatic rings. The zero-order valence-corrected chi connectivity index (χ0v) is 13.8. The molecule has 1 aliphatic rings. The van der Waals surface area contributed by atoms with Crippen molar-refractivity contribution in [2.75, 3.05) is 13.2 Å². The second-order valence-electron chi connectivity index (χ2n) is 6.13. The van der Waals surface area contributed by atoms with Crippen LogP contribution in [0.15, 0.2) is 30.9 Å².